The number of carboxylic acid groups (broad SMARTS) is 1. The van der Waals surface area contributed by atoms with Gasteiger partial charge in [0, 0.05) is 26.7 Å². The van der Waals surface area contributed by atoms with Crippen LogP contribution in [0.4, 0.5) is 4.79 Å². The van der Waals surface area contributed by atoms with Crippen LogP contribution in [-0.4, -0.2) is 53.6 Å². The number of aliphatic carboxylic acids is 1. The second-order valence-corrected chi connectivity index (χ2v) is 4.75. The van der Waals surface area contributed by atoms with Gasteiger partial charge in [-0.15, -0.1) is 0 Å². The van der Waals surface area contributed by atoms with E-state index < -0.39 is 5.97 Å². The Labute approximate surface area is 102 Å². The summed E-state index contributed by atoms with van der Waals surface area (Å²) < 4.78 is 0. The number of carbonyl (C=O) groups excluding carboxylic acids is 1. The Balaban J connectivity index is 2.41. The molecule has 1 aliphatic carbocycles. The zero-order valence-electron chi connectivity index (χ0n) is 10.7. The van der Waals surface area contributed by atoms with Crippen molar-refractivity contribution in [1.29, 1.82) is 0 Å². The lowest BCUT2D eigenvalue weighted by Gasteiger charge is -2.34. The summed E-state index contributed by atoms with van der Waals surface area (Å²) in [4.78, 5) is 25.7. The number of nitrogens with zero attached hydrogens (tertiary/aromatic N) is 2. The highest BCUT2D eigenvalue weighted by Gasteiger charge is 2.24. The van der Waals surface area contributed by atoms with Crippen LogP contribution in [-0.2, 0) is 4.79 Å². The van der Waals surface area contributed by atoms with Gasteiger partial charge in [0.1, 0.15) is 0 Å². The first-order valence-corrected chi connectivity index (χ1v) is 6.22. The molecule has 0 aromatic carbocycles. The molecule has 0 aromatic rings. The van der Waals surface area contributed by atoms with Gasteiger partial charge in [0.15, 0.2) is 0 Å². The van der Waals surface area contributed by atoms with Crippen molar-refractivity contribution in [2.75, 3.05) is 20.6 Å². The Kier molecular flexibility index (Phi) is 5.25. The molecular weight excluding hydrogens is 220 g/mol. The van der Waals surface area contributed by atoms with Crippen LogP contribution < -0.4 is 0 Å². The Morgan fingerprint density at radius 2 is 1.76 bits per heavy atom. The molecule has 2 amide bonds. The molecule has 5 nitrogen and oxygen atoms in total. The minimum absolute atomic E-state index is 0.000741. The van der Waals surface area contributed by atoms with Crippen LogP contribution in [0.1, 0.15) is 38.5 Å². The van der Waals surface area contributed by atoms with Gasteiger partial charge < -0.3 is 14.9 Å². The third kappa shape index (κ3) is 4.24. The zero-order valence-corrected chi connectivity index (χ0v) is 10.7. The molecule has 1 rings (SSSR count). The first kappa shape index (κ1) is 13.8. The highest BCUT2D eigenvalue weighted by molar-refractivity contribution is 5.75. The number of hydrogen-bond donors (Lipinski definition) is 1. The molecule has 1 N–H and O–H groups in total. The molecule has 0 unspecified atom stereocenters. The highest BCUT2D eigenvalue weighted by atomic mass is 16.4. The Hall–Kier alpha value is -1.26. The van der Waals surface area contributed by atoms with Crippen molar-refractivity contribution in [1.82, 2.24) is 9.80 Å². The molecule has 0 heterocycles. The van der Waals surface area contributed by atoms with E-state index in [9.17, 15) is 9.59 Å². The number of amides is 2. The van der Waals surface area contributed by atoms with E-state index in [-0.39, 0.29) is 19.0 Å². The largest absolute Gasteiger partial charge is 0.481 e. The molecule has 5 heteroatoms. The van der Waals surface area contributed by atoms with Crippen molar-refractivity contribution in [2.24, 2.45) is 0 Å². The molecule has 0 aromatic heterocycles. The normalized spacial score (nSPS) is 16.6. The quantitative estimate of drug-likeness (QED) is 0.817. The molecule has 0 saturated heterocycles. The summed E-state index contributed by atoms with van der Waals surface area (Å²) in [5.74, 6) is -0.870. The van der Waals surface area contributed by atoms with Crippen molar-refractivity contribution >= 4 is 12.0 Å². The second-order valence-electron chi connectivity index (χ2n) is 4.75. The standard InChI is InChI=1S/C12H22N2O3/c1-13(9-8-11(15)16)12(17)14(2)10-6-4-3-5-7-10/h10H,3-9H2,1-2H3,(H,15,16). The number of carboxylic acids is 1. The van der Waals surface area contributed by atoms with E-state index in [0.29, 0.717) is 6.04 Å². The fraction of sp³-hybridized carbons (Fsp3) is 0.833. The average Bonchev–Trinajstić information content (AvgIpc) is 2.35. The van der Waals surface area contributed by atoms with E-state index in [4.69, 9.17) is 5.11 Å². The van der Waals surface area contributed by atoms with E-state index >= 15 is 0 Å². The summed E-state index contributed by atoms with van der Waals surface area (Å²) in [5, 5.41) is 8.58. The Morgan fingerprint density at radius 3 is 2.29 bits per heavy atom. The maximum Gasteiger partial charge on any atom is 0.319 e. The minimum Gasteiger partial charge on any atom is -0.481 e. The lowest BCUT2D eigenvalue weighted by Crippen LogP contribution is -2.45. The average molecular weight is 242 g/mol. The highest BCUT2D eigenvalue weighted by Crippen LogP contribution is 2.22. The third-order valence-corrected chi connectivity index (χ3v) is 3.41. The van der Waals surface area contributed by atoms with Gasteiger partial charge in [-0.1, -0.05) is 19.3 Å². The molecular formula is C12H22N2O3. The van der Waals surface area contributed by atoms with E-state index in [1.165, 1.54) is 24.2 Å². The lowest BCUT2D eigenvalue weighted by atomic mass is 9.95. The fourth-order valence-corrected chi connectivity index (χ4v) is 2.25. The van der Waals surface area contributed by atoms with Crippen LogP contribution in [0.5, 0.6) is 0 Å². The SMILES string of the molecule is CN(CCC(=O)O)C(=O)N(C)C1CCCCC1. The van der Waals surface area contributed by atoms with Crippen LogP contribution in [0.3, 0.4) is 0 Å². The summed E-state index contributed by atoms with van der Waals surface area (Å²) in [7, 11) is 3.47. The van der Waals surface area contributed by atoms with Crippen molar-refractivity contribution in [3.63, 3.8) is 0 Å². The minimum atomic E-state index is -0.870. The molecule has 1 saturated carbocycles. The summed E-state index contributed by atoms with van der Waals surface area (Å²) in [6.45, 7) is 0.269. The summed E-state index contributed by atoms with van der Waals surface area (Å²) >= 11 is 0. The van der Waals surface area contributed by atoms with Gasteiger partial charge in [0.25, 0.3) is 0 Å². The van der Waals surface area contributed by atoms with Gasteiger partial charge in [-0.05, 0) is 12.8 Å². The summed E-state index contributed by atoms with van der Waals surface area (Å²) in [6, 6.07) is 0.252. The molecule has 0 radical (unpaired) electrons. The molecule has 1 aliphatic rings. The van der Waals surface area contributed by atoms with Crippen molar-refractivity contribution < 1.29 is 14.7 Å². The van der Waals surface area contributed by atoms with Crippen LogP contribution in [0.2, 0.25) is 0 Å². The monoisotopic (exact) mass is 242 g/mol. The van der Waals surface area contributed by atoms with E-state index in [1.807, 2.05) is 7.05 Å². The molecule has 17 heavy (non-hydrogen) atoms. The van der Waals surface area contributed by atoms with Crippen molar-refractivity contribution in [2.45, 2.75) is 44.6 Å². The van der Waals surface area contributed by atoms with Crippen molar-refractivity contribution in [3.05, 3.63) is 0 Å². The molecule has 0 spiro atoms. The first-order chi connectivity index (χ1) is 8.02. The molecule has 98 valence electrons. The van der Waals surface area contributed by atoms with Gasteiger partial charge in [0.2, 0.25) is 0 Å². The topological polar surface area (TPSA) is 60.9 Å². The maximum absolute atomic E-state index is 12.0. The van der Waals surface area contributed by atoms with Crippen LogP contribution >= 0.6 is 0 Å². The maximum atomic E-state index is 12.0. The lowest BCUT2D eigenvalue weighted by molar-refractivity contribution is -0.137. The first-order valence-electron chi connectivity index (χ1n) is 6.22. The predicted molar refractivity (Wildman–Crippen MR) is 64.9 cm³/mol. The molecule has 0 bridgehead atoms. The third-order valence-electron chi connectivity index (χ3n) is 3.41. The Morgan fingerprint density at radius 1 is 1.18 bits per heavy atom. The predicted octanol–water partition coefficient (Wildman–Crippen LogP) is 1.78. The van der Waals surface area contributed by atoms with E-state index in [2.05, 4.69) is 0 Å². The molecule has 0 atom stereocenters. The van der Waals surface area contributed by atoms with Gasteiger partial charge >= 0.3 is 12.0 Å². The van der Waals surface area contributed by atoms with Crippen molar-refractivity contribution in [3.8, 4) is 0 Å². The summed E-state index contributed by atoms with van der Waals surface area (Å²) in [6.07, 6.45) is 5.75. The summed E-state index contributed by atoms with van der Waals surface area (Å²) in [5.41, 5.74) is 0. The second kappa shape index (κ2) is 6.47. The van der Waals surface area contributed by atoms with E-state index in [1.54, 1.807) is 11.9 Å². The van der Waals surface area contributed by atoms with Crippen LogP contribution in [0.25, 0.3) is 0 Å². The van der Waals surface area contributed by atoms with Gasteiger partial charge in [-0.2, -0.15) is 0 Å². The number of hydrogen-bond acceptors (Lipinski definition) is 2. The van der Waals surface area contributed by atoms with Crippen LogP contribution in [0, 0.1) is 0 Å². The fourth-order valence-electron chi connectivity index (χ4n) is 2.25. The zero-order chi connectivity index (χ0) is 12.8. The van der Waals surface area contributed by atoms with Gasteiger partial charge in [0.05, 0.1) is 6.42 Å². The van der Waals surface area contributed by atoms with E-state index in [0.717, 1.165) is 12.8 Å². The number of rotatable bonds is 4. The molecule has 0 aliphatic heterocycles. The van der Waals surface area contributed by atoms with Gasteiger partial charge in [-0.3, -0.25) is 4.79 Å². The Bertz CT molecular complexity index is 275. The number of carbonyl (C=O) groups is 2. The number of urea groups is 1. The molecule has 1 fully saturated rings. The smallest absolute Gasteiger partial charge is 0.319 e. The van der Waals surface area contributed by atoms with Gasteiger partial charge in [-0.25, -0.2) is 4.79 Å². The van der Waals surface area contributed by atoms with Crippen LogP contribution in [0.15, 0.2) is 0 Å².